The minimum atomic E-state index is -0.370. The molecule has 0 saturated carbocycles. The number of ether oxygens (including phenoxy) is 2. The summed E-state index contributed by atoms with van der Waals surface area (Å²) in [7, 11) is 3.08. The molecule has 0 unspecified atom stereocenters. The number of benzene rings is 2. The van der Waals surface area contributed by atoms with Crippen molar-refractivity contribution in [2.24, 2.45) is 0 Å². The second-order valence-electron chi connectivity index (χ2n) is 5.22. The summed E-state index contributed by atoms with van der Waals surface area (Å²) in [5.41, 5.74) is 7.02. The molecule has 0 atom stereocenters. The molecule has 0 fully saturated rings. The maximum atomic E-state index is 12.0. The van der Waals surface area contributed by atoms with Crippen LogP contribution in [0.25, 0.3) is 0 Å². The van der Waals surface area contributed by atoms with E-state index in [0.717, 1.165) is 5.56 Å². The third-order valence-corrected chi connectivity index (χ3v) is 3.47. The van der Waals surface area contributed by atoms with Crippen LogP contribution in [0.2, 0.25) is 0 Å². The largest absolute Gasteiger partial charge is 0.497 e. The number of methoxy groups -OCH3 is 2. The summed E-state index contributed by atoms with van der Waals surface area (Å²) in [6, 6.07) is 12.3. The summed E-state index contributed by atoms with van der Waals surface area (Å²) in [4.78, 5) is 24.0. The second kappa shape index (κ2) is 8.01. The number of nitrogens with one attached hydrogen (secondary N) is 2. The third kappa shape index (κ3) is 4.49. The van der Waals surface area contributed by atoms with Gasteiger partial charge in [-0.15, -0.1) is 0 Å². The molecule has 24 heavy (non-hydrogen) atoms. The van der Waals surface area contributed by atoms with Crippen molar-refractivity contribution in [3.8, 4) is 11.5 Å². The van der Waals surface area contributed by atoms with Crippen LogP contribution in [0.15, 0.2) is 42.5 Å². The van der Waals surface area contributed by atoms with Crippen LogP contribution in [0.1, 0.15) is 21.5 Å². The first-order valence-electron chi connectivity index (χ1n) is 7.40. The molecule has 0 bridgehead atoms. The number of amides is 2. The van der Waals surface area contributed by atoms with Crippen molar-refractivity contribution in [3.05, 3.63) is 59.2 Å². The van der Waals surface area contributed by atoms with Gasteiger partial charge in [0.25, 0.3) is 5.91 Å². The number of hydrogen-bond acceptors (Lipinski definition) is 4. The van der Waals surface area contributed by atoms with Crippen LogP contribution in [-0.4, -0.2) is 26.0 Å². The van der Waals surface area contributed by atoms with E-state index in [1.165, 1.54) is 7.11 Å². The Morgan fingerprint density at radius 3 is 2.29 bits per heavy atom. The van der Waals surface area contributed by atoms with Crippen LogP contribution in [0.5, 0.6) is 11.5 Å². The summed E-state index contributed by atoms with van der Waals surface area (Å²) in [6.45, 7) is 1.94. The topological polar surface area (TPSA) is 76.7 Å². The number of carbonyl (C=O) groups excluding carboxylic acids is 2. The Kier molecular flexibility index (Phi) is 5.78. The fourth-order valence-corrected chi connectivity index (χ4v) is 2.12. The SMILES string of the molecule is COc1ccc(CC(=O)NNC(=O)c2ccc(C)cc2)c(OC)c1. The van der Waals surface area contributed by atoms with Gasteiger partial charge in [0.2, 0.25) is 5.91 Å². The molecule has 0 saturated heterocycles. The number of carbonyl (C=O) groups is 2. The molecule has 6 nitrogen and oxygen atoms in total. The molecule has 2 aromatic carbocycles. The average Bonchev–Trinajstić information content (AvgIpc) is 2.60. The van der Waals surface area contributed by atoms with Crippen molar-refractivity contribution >= 4 is 11.8 Å². The molecule has 0 aliphatic heterocycles. The van der Waals surface area contributed by atoms with E-state index in [4.69, 9.17) is 9.47 Å². The van der Waals surface area contributed by atoms with Crippen molar-refractivity contribution in [3.63, 3.8) is 0 Å². The van der Waals surface area contributed by atoms with E-state index in [1.807, 2.05) is 19.1 Å². The molecule has 0 aromatic heterocycles. The number of hydrogen-bond donors (Lipinski definition) is 2. The zero-order valence-electron chi connectivity index (χ0n) is 13.9. The van der Waals surface area contributed by atoms with Gasteiger partial charge in [-0.1, -0.05) is 23.8 Å². The normalized spacial score (nSPS) is 9.96. The highest BCUT2D eigenvalue weighted by atomic mass is 16.5. The van der Waals surface area contributed by atoms with Gasteiger partial charge in [0.15, 0.2) is 0 Å². The van der Waals surface area contributed by atoms with Crippen LogP contribution >= 0.6 is 0 Å². The van der Waals surface area contributed by atoms with Crippen LogP contribution in [0.3, 0.4) is 0 Å². The predicted molar refractivity (Wildman–Crippen MR) is 90.0 cm³/mol. The van der Waals surface area contributed by atoms with E-state index in [0.29, 0.717) is 22.6 Å². The quantitative estimate of drug-likeness (QED) is 0.823. The minimum Gasteiger partial charge on any atom is -0.497 e. The first-order valence-corrected chi connectivity index (χ1v) is 7.40. The molecular formula is C18H20N2O4. The lowest BCUT2D eigenvalue weighted by Gasteiger charge is -2.11. The highest BCUT2D eigenvalue weighted by molar-refractivity contribution is 5.95. The molecule has 126 valence electrons. The highest BCUT2D eigenvalue weighted by Gasteiger charge is 2.11. The van der Waals surface area contributed by atoms with Gasteiger partial charge in [0.05, 0.1) is 20.6 Å². The average molecular weight is 328 g/mol. The summed E-state index contributed by atoms with van der Waals surface area (Å²) in [6.07, 6.45) is 0.0708. The number of hydrazine groups is 1. The molecule has 0 heterocycles. The van der Waals surface area contributed by atoms with Gasteiger partial charge >= 0.3 is 0 Å². The van der Waals surface area contributed by atoms with Gasteiger partial charge < -0.3 is 9.47 Å². The zero-order chi connectivity index (χ0) is 17.5. The van der Waals surface area contributed by atoms with E-state index < -0.39 is 0 Å². The first-order chi connectivity index (χ1) is 11.5. The van der Waals surface area contributed by atoms with E-state index in [9.17, 15) is 9.59 Å². The van der Waals surface area contributed by atoms with Gasteiger partial charge in [-0.2, -0.15) is 0 Å². The van der Waals surface area contributed by atoms with E-state index >= 15 is 0 Å². The maximum absolute atomic E-state index is 12.0. The predicted octanol–water partition coefficient (Wildman–Crippen LogP) is 2.02. The summed E-state index contributed by atoms with van der Waals surface area (Å²) < 4.78 is 10.4. The standard InChI is InChI=1S/C18H20N2O4/c1-12-4-6-13(7-5-12)18(22)20-19-17(21)10-14-8-9-15(23-2)11-16(14)24-3/h4-9,11H,10H2,1-3H3,(H,19,21)(H,20,22). The Bertz CT molecular complexity index is 726. The lowest BCUT2D eigenvalue weighted by molar-refractivity contribution is -0.121. The Hall–Kier alpha value is -3.02. The smallest absolute Gasteiger partial charge is 0.269 e. The molecule has 2 rings (SSSR count). The maximum Gasteiger partial charge on any atom is 0.269 e. The summed E-state index contributed by atoms with van der Waals surface area (Å²) in [5.74, 6) is 0.474. The number of rotatable bonds is 5. The molecule has 0 aliphatic carbocycles. The van der Waals surface area contributed by atoms with E-state index in [2.05, 4.69) is 10.9 Å². The summed E-state index contributed by atoms with van der Waals surface area (Å²) in [5, 5.41) is 0. The van der Waals surface area contributed by atoms with E-state index in [-0.39, 0.29) is 18.2 Å². The molecule has 2 aromatic rings. The fourth-order valence-electron chi connectivity index (χ4n) is 2.12. The van der Waals surface area contributed by atoms with Crippen LogP contribution < -0.4 is 20.3 Å². The van der Waals surface area contributed by atoms with Gasteiger partial charge in [0.1, 0.15) is 11.5 Å². The van der Waals surface area contributed by atoms with Crippen LogP contribution in [0.4, 0.5) is 0 Å². The molecule has 2 amide bonds. The minimum absolute atomic E-state index is 0.0708. The Labute approximate surface area is 140 Å². The first kappa shape index (κ1) is 17.3. The van der Waals surface area contributed by atoms with Gasteiger partial charge in [-0.05, 0) is 25.1 Å². The van der Waals surface area contributed by atoms with Crippen molar-refractivity contribution in [1.82, 2.24) is 10.9 Å². The molecule has 2 N–H and O–H groups in total. The van der Waals surface area contributed by atoms with Crippen molar-refractivity contribution in [2.45, 2.75) is 13.3 Å². The zero-order valence-corrected chi connectivity index (χ0v) is 13.9. The Balaban J connectivity index is 1.93. The molecule has 0 radical (unpaired) electrons. The van der Waals surface area contributed by atoms with Crippen molar-refractivity contribution < 1.29 is 19.1 Å². The number of aryl methyl sites for hydroxylation is 1. The Morgan fingerprint density at radius 1 is 0.958 bits per heavy atom. The monoisotopic (exact) mass is 328 g/mol. The van der Waals surface area contributed by atoms with Crippen molar-refractivity contribution in [2.75, 3.05) is 14.2 Å². The van der Waals surface area contributed by atoms with Gasteiger partial charge in [0, 0.05) is 17.2 Å². The second-order valence-corrected chi connectivity index (χ2v) is 5.22. The molecule has 0 aliphatic rings. The van der Waals surface area contributed by atoms with Crippen molar-refractivity contribution in [1.29, 1.82) is 0 Å². The molecular weight excluding hydrogens is 308 g/mol. The van der Waals surface area contributed by atoms with Gasteiger partial charge in [-0.3, -0.25) is 20.4 Å². The summed E-state index contributed by atoms with van der Waals surface area (Å²) >= 11 is 0. The lowest BCUT2D eigenvalue weighted by atomic mass is 10.1. The van der Waals surface area contributed by atoms with Crippen LogP contribution in [-0.2, 0) is 11.2 Å². The Morgan fingerprint density at radius 2 is 1.67 bits per heavy atom. The fraction of sp³-hybridized carbons (Fsp3) is 0.222. The third-order valence-electron chi connectivity index (χ3n) is 3.47. The highest BCUT2D eigenvalue weighted by Crippen LogP contribution is 2.24. The molecule has 6 heteroatoms. The van der Waals surface area contributed by atoms with Gasteiger partial charge in [-0.25, -0.2) is 0 Å². The molecule has 0 spiro atoms. The van der Waals surface area contributed by atoms with E-state index in [1.54, 1.807) is 37.4 Å². The lowest BCUT2D eigenvalue weighted by Crippen LogP contribution is -2.42. The van der Waals surface area contributed by atoms with Crippen LogP contribution in [0, 0.1) is 6.92 Å².